The lowest BCUT2D eigenvalue weighted by Crippen LogP contribution is -2.56. The summed E-state index contributed by atoms with van der Waals surface area (Å²) in [7, 11) is 0. The fourth-order valence-electron chi connectivity index (χ4n) is 7.29. The average Bonchev–Trinajstić information content (AvgIpc) is 3.16. The third-order valence-electron chi connectivity index (χ3n) is 9.85. The van der Waals surface area contributed by atoms with Crippen molar-refractivity contribution in [1.82, 2.24) is 19.8 Å². The zero-order chi connectivity index (χ0) is 36.8. The van der Waals surface area contributed by atoms with Crippen LogP contribution in [-0.4, -0.2) is 103 Å². The van der Waals surface area contributed by atoms with Crippen LogP contribution in [0.4, 0.5) is 16.3 Å². The molecule has 0 aliphatic carbocycles. The van der Waals surface area contributed by atoms with Gasteiger partial charge in [0, 0.05) is 68.5 Å². The first-order valence-electron chi connectivity index (χ1n) is 18.7. The van der Waals surface area contributed by atoms with E-state index >= 15 is 0 Å². The number of nitrogens with zero attached hydrogens (tertiary/aromatic N) is 7. The van der Waals surface area contributed by atoms with Gasteiger partial charge >= 0.3 is 12.1 Å². The van der Waals surface area contributed by atoms with Gasteiger partial charge in [0.1, 0.15) is 22.9 Å². The number of hydrogen-bond acceptors (Lipinski definition) is 11. The molecule has 7 rings (SSSR count). The lowest BCUT2D eigenvalue weighted by molar-refractivity contribution is 0.0144. The maximum Gasteiger partial charge on any atom is 0.410 e. The Kier molecular flexibility index (Phi) is 11.1. The van der Waals surface area contributed by atoms with Crippen LogP contribution in [0.3, 0.4) is 0 Å². The molecule has 3 aromatic carbocycles. The molecule has 3 aliphatic rings. The molecule has 1 atom stereocenters. The Morgan fingerprint density at radius 2 is 1.74 bits per heavy atom. The molecule has 2 saturated heterocycles. The number of fused-ring (bicyclic) bond motifs is 2. The van der Waals surface area contributed by atoms with Crippen molar-refractivity contribution in [3.8, 4) is 23.6 Å². The molecule has 2 fully saturated rings. The summed E-state index contributed by atoms with van der Waals surface area (Å²) in [5.41, 5.74) is 2.43. The second-order valence-corrected chi connectivity index (χ2v) is 14.8. The highest BCUT2D eigenvalue weighted by Crippen LogP contribution is 2.38. The summed E-state index contributed by atoms with van der Waals surface area (Å²) in [6.45, 7) is 13.1. The van der Waals surface area contributed by atoms with E-state index in [-0.39, 0.29) is 12.5 Å². The third-order valence-corrected chi connectivity index (χ3v) is 9.85. The summed E-state index contributed by atoms with van der Waals surface area (Å²) in [6, 6.07) is 24.7. The number of para-hydroxylation sites is 1. The van der Waals surface area contributed by atoms with Gasteiger partial charge in [0.25, 0.3) is 0 Å². The van der Waals surface area contributed by atoms with Crippen LogP contribution in [0.1, 0.15) is 44.9 Å². The standard InChI is InChI=1S/C41H49N7O5/c1-41(2,3)53-40(49)48-20-19-47(28-31(48)14-16-42)38-35-15-18-46(29-36(35)43-39(44-38)51-23-9-17-45-21-24-50-25-22-45)37-27-33(52-32-11-5-4-6-12-32)26-30-10-7-8-13-34(30)37/h4-8,10-13,26-27,31H,9,14-15,17-25,28-29H2,1-3H3. The molecule has 4 aromatic rings. The number of aromatic nitrogens is 2. The first-order valence-corrected chi connectivity index (χ1v) is 18.7. The lowest BCUT2D eigenvalue weighted by atomic mass is 10.0. The molecule has 0 spiro atoms. The normalized spacial score (nSPS) is 18.0. The number of benzene rings is 3. The Balaban J connectivity index is 1.17. The van der Waals surface area contributed by atoms with Gasteiger partial charge in [-0.3, -0.25) is 4.90 Å². The molecule has 3 aliphatic heterocycles. The number of amides is 1. The Morgan fingerprint density at radius 3 is 2.53 bits per heavy atom. The number of hydrogen-bond donors (Lipinski definition) is 0. The van der Waals surface area contributed by atoms with Gasteiger partial charge in [-0.1, -0.05) is 42.5 Å². The second kappa shape index (κ2) is 16.3. The molecule has 12 heteroatoms. The highest BCUT2D eigenvalue weighted by atomic mass is 16.6. The van der Waals surface area contributed by atoms with Gasteiger partial charge < -0.3 is 33.6 Å². The van der Waals surface area contributed by atoms with Crippen molar-refractivity contribution in [3.05, 3.63) is 78.0 Å². The minimum absolute atomic E-state index is 0.191. The van der Waals surface area contributed by atoms with E-state index in [9.17, 15) is 10.1 Å². The van der Waals surface area contributed by atoms with Crippen molar-refractivity contribution in [2.75, 3.05) is 75.4 Å². The predicted octanol–water partition coefficient (Wildman–Crippen LogP) is 6.43. The monoisotopic (exact) mass is 719 g/mol. The zero-order valence-corrected chi connectivity index (χ0v) is 31.0. The van der Waals surface area contributed by atoms with Gasteiger partial charge in [0.2, 0.25) is 0 Å². The molecule has 1 amide bonds. The van der Waals surface area contributed by atoms with Gasteiger partial charge in [-0.15, -0.1) is 0 Å². The third kappa shape index (κ3) is 8.92. The highest BCUT2D eigenvalue weighted by Gasteiger charge is 2.36. The quantitative estimate of drug-likeness (QED) is 0.169. The van der Waals surface area contributed by atoms with Crippen LogP contribution in [0, 0.1) is 11.3 Å². The van der Waals surface area contributed by atoms with Crippen LogP contribution in [0.5, 0.6) is 17.5 Å². The minimum atomic E-state index is -0.629. The summed E-state index contributed by atoms with van der Waals surface area (Å²) in [5, 5.41) is 12.0. The predicted molar refractivity (Wildman–Crippen MR) is 204 cm³/mol. The first-order chi connectivity index (χ1) is 25.7. The number of ether oxygens (including phenoxy) is 4. The smallest absolute Gasteiger partial charge is 0.410 e. The molecular weight excluding hydrogens is 670 g/mol. The number of carbonyl (C=O) groups is 1. The molecule has 1 aromatic heterocycles. The fourth-order valence-corrected chi connectivity index (χ4v) is 7.29. The summed E-state index contributed by atoms with van der Waals surface area (Å²) in [5.74, 6) is 2.37. The molecule has 0 N–H and O–H groups in total. The maximum absolute atomic E-state index is 13.2. The molecule has 4 heterocycles. The largest absolute Gasteiger partial charge is 0.463 e. The van der Waals surface area contributed by atoms with E-state index in [0.29, 0.717) is 38.8 Å². The maximum atomic E-state index is 13.2. The van der Waals surface area contributed by atoms with E-state index in [1.54, 1.807) is 4.90 Å². The van der Waals surface area contributed by atoms with E-state index in [1.807, 2.05) is 57.2 Å². The Labute approximate surface area is 311 Å². The van der Waals surface area contributed by atoms with Crippen LogP contribution < -0.4 is 19.3 Å². The van der Waals surface area contributed by atoms with E-state index in [4.69, 9.17) is 28.9 Å². The summed E-state index contributed by atoms with van der Waals surface area (Å²) < 4.78 is 23.9. The van der Waals surface area contributed by atoms with Gasteiger partial charge in [-0.25, -0.2) is 4.79 Å². The van der Waals surface area contributed by atoms with E-state index in [1.165, 1.54) is 0 Å². The molecule has 0 radical (unpaired) electrons. The number of morpholine rings is 1. The Bertz CT molecular complexity index is 1920. The van der Waals surface area contributed by atoms with Crippen molar-refractivity contribution in [3.63, 3.8) is 0 Å². The zero-order valence-electron chi connectivity index (χ0n) is 31.0. The number of anilines is 2. The SMILES string of the molecule is CC(C)(C)OC(=O)N1CCN(c2nc(OCCCN3CCOCC3)nc3c2CCN(c2cc(Oc4ccccc4)cc4ccccc24)C3)CC1CC#N. The molecule has 0 saturated carbocycles. The molecule has 1 unspecified atom stereocenters. The first kappa shape index (κ1) is 36.2. The van der Waals surface area contributed by atoms with Gasteiger partial charge in [0.15, 0.2) is 0 Å². The molecule has 0 bridgehead atoms. The summed E-state index contributed by atoms with van der Waals surface area (Å²) in [4.78, 5) is 31.9. The second-order valence-electron chi connectivity index (χ2n) is 14.8. The van der Waals surface area contributed by atoms with Crippen LogP contribution in [0.25, 0.3) is 10.8 Å². The van der Waals surface area contributed by atoms with Crippen molar-refractivity contribution < 1.29 is 23.7 Å². The van der Waals surface area contributed by atoms with Crippen molar-refractivity contribution in [2.24, 2.45) is 0 Å². The van der Waals surface area contributed by atoms with Crippen molar-refractivity contribution >= 4 is 28.4 Å². The summed E-state index contributed by atoms with van der Waals surface area (Å²) in [6.07, 6.45) is 1.36. The molecule has 278 valence electrons. The van der Waals surface area contributed by atoms with Gasteiger partial charge in [-0.05, 0) is 57.2 Å². The molecular formula is C41H49N7O5. The number of carbonyl (C=O) groups excluding carboxylic acids is 1. The number of piperazine rings is 1. The van der Waals surface area contributed by atoms with Crippen molar-refractivity contribution in [1.29, 1.82) is 5.26 Å². The van der Waals surface area contributed by atoms with E-state index in [0.717, 1.165) is 97.3 Å². The topological polar surface area (TPSA) is 117 Å². The molecule has 12 nitrogen and oxygen atoms in total. The van der Waals surface area contributed by atoms with E-state index < -0.39 is 11.7 Å². The van der Waals surface area contributed by atoms with Crippen LogP contribution in [-0.2, 0) is 22.4 Å². The van der Waals surface area contributed by atoms with Crippen LogP contribution in [0.2, 0.25) is 0 Å². The highest BCUT2D eigenvalue weighted by molar-refractivity contribution is 5.96. The Hall–Kier alpha value is -5.12. The number of nitriles is 1. The van der Waals surface area contributed by atoms with Crippen LogP contribution >= 0.6 is 0 Å². The minimum Gasteiger partial charge on any atom is -0.463 e. The van der Waals surface area contributed by atoms with Gasteiger partial charge in [0.05, 0.1) is 50.6 Å². The van der Waals surface area contributed by atoms with Crippen molar-refractivity contribution in [2.45, 2.75) is 58.2 Å². The van der Waals surface area contributed by atoms with Gasteiger partial charge in [-0.2, -0.15) is 15.2 Å². The average molecular weight is 720 g/mol. The summed E-state index contributed by atoms with van der Waals surface area (Å²) >= 11 is 0. The fraction of sp³-hybridized carbons (Fsp3) is 0.463. The number of rotatable bonds is 10. The lowest BCUT2D eigenvalue weighted by Gasteiger charge is -2.42. The van der Waals surface area contributed by atoms with Crippen LogP contribution in [0.15, 0.2) is 66.7 Å². The molecule has 53 heavy (non-hydrogen) atoms. The Morgan fingerprint density at radius 1 is 0.943 bits per heavy atom. The van der Waals surface area contributed by atoms with E-state index in [2.05, 4.69) is 51.1 Å².